The minimum absolute atomic E-state index is 1.10. The lowest BCUT2D eigenvalue weighted by atomic mass is 10.0. The fourth-order valence-electron chi connectivity index (χ4n) is 6.63. The van der Waals surface area contributed by atoms with Gasteiger partial charge in [-0.05, 0) is 92.0 Å². The van der Waals surface area contributed by atoms with Gasteiger partial charge in [-0.3, -0.25) is 0 Å². The molecule has 0 bridgehead atoms. The largest absolute Gasteiger partial charge is 0.311 e. The second-order valence-corrected chi connectivity index (χ2v) is 13.5. The average Bonchev–Trinajstić information content (AvgIpc) is 3.27. The number of rotatable bonds is 11. The van der Waals surface area contributed by atoms with Crippen molar-refractivity contribution < 1.29 is 0 Å². The van der Waals surface area contributed by atoms with Crippen LogP contribution in [-0.4, -0.2) is 0 Å². The number of anilines is 3. The van der Waals surface area contributed by atoms with Gasteiger partial charge in [-0.15, -0.1) is 0 Å². The van der Waals surface area contributed by atoms with Gasteiger partial charge in [0, 0.05) is 17.1 Å². The van der Waals surface area contributed by atoms with Crippen LogP contribution in [0.3, 0.4) is 0 Å². The van der Waals surface area contributed by atoms with Crippen LogP contribution in [0.25, 0.3) is 58.7 Å². The normalized spacial score (nSPS) is 11.4. The Morgan fingerprint density at radius 2 is 0.400 bits per heavy atom. The molecule has 0 aromatic heterocycles. The number of benzene rings is 8. The summed E-state index contributed by atoms with van der Waals surface area (Å²) in [5, 5.41) is 0. The van der Waals surface area contributed by atoms with Crippen LogP contribution in [0.4, 0.5) is 17.1 Å². The summed E-state index contributed by atoms with van der Waals surface area (Å²) < 4.78 is 0. The summed E-state index contributed by atoms with van der Waals surface area (Å²) in [6.45, 7) is 0. The first kappa shape index (κ1) is 34.8. The van der Waals surface area contributed by atoms with Crippen LogP contribution in [0, 0.1) is 0 Å². The summed E-state index contributed by atoms with van der Waals surface area (Å²) in [5.41, 5.74) is 15.1. The fourth-order valence-corrected chi connectivity index (χ4v) is 6.63. The average molecular weight is 704 g/mol. The van der Waals surface area contributed by atoms with Gasteiger partial charge in [-0.1, -0.05) is 212 Å². The van der Waals surface area contributed by atoms with E-state index in [0.717, 1.165) is 22.6 Å². The summed E-state index contributed by atoms with van der Waals surface area (Å²) in [6, 6.07) is 75.3. The van der Waals surface area contributed by atoms with Crippen LogP contribution in [0.5, 0.6) is 0 Å². The van der Waals surface area contributed by atoms with Gasteiger partial charge in [0.25, 0.3) is 0 Å². The summed E-state index contributed by atoms with van der Waals surface area (Å²) in [6.07, 6.45) is 12.9. The summed E-state index contributed by atoms with van der Waals surface area (Å²) in [4.78, 5) is 2.33. The van der Waals surface area contributed by atoms with E-state index in [-0.39, 0.29) is 0 Å². The highest BCUT2D eigenvalue weighted by Crippen LogP contribution is 2.37. The molecular formula is C54H41N. The molecule has 1 nitrogen and oxygen atoms in total. The Morgan fingerprint density at radius 1 is 0.200 bits per heavy atom. The number of nitrogens with zero attached hydrogens (tertiary/aromatic N) is 1. The smallest absolute Gasteiger partial charge is 0.0462 e. The predicted molar refractivity (Wildman–Crippen MR) is 238 cm³/mol. The highest BCUT2D eigenvalue weighted by atomic mass is 15.1. The minimum atomic E-state index is 1.10. The second kappa shape index (κ2) is 17.1. The Labute approximate surface area is 325 Å². The van der Waals surface area contributed by atoms with Gasteiger partial charge >= 0.3 is 0 Å². The molecule has 0 aliphatic carbocycles. The van der Waals surface area contributed by atoms with Crippen molar-refractivity contribution in [3.05, 3.63) is 246 Å². The van der Waals surface area contributed by atoms with Crippen LogP contribution in [0.1, 0.15) is 33.4 Å². The van der Waals surface area contributed by atoms with Crippen LogP contribution < -0.4 is 4.90 Å². The van der Waals surface area contributed by atoms with Crippen molar-refractivity contribution in [1.82, 2.24) is 0 Å². The van der Waals surface area contributed by atoms with Gasteiger partial charge in [0.1, 0.15) is 0 Å². The van der Waals surface area contributed by atoms with E-state index >= 15 is 0 Å². The molecule has 0 aliphatic rings. The lowest BCUT2D eigenvalue weighted by Gasteiger charge is -2.26. The highest BCUT2D eigenvalue weighted by molar-refractivity contribution is 5.81. The zero-order valence-electron chi connectivity index (χ0n) is 30.6. The molecule has 1 heteroatoms. The Morgan fingerprint density at radius 3 is 0.673 bits per heavy atom. The van der Waals surface area contributed by atoms with Gasteiger partial charge in [0.15, 0.2) is 0 Å². The Balaban J connectivity index is 1.04. The van der Waals surface area contributed by atoms with E-state index in [4.69, 9.17) is 0 Å². The molecule has 0 unspecified atom stereocenters. The molecule has 0 radical (unpaired) electrons. The van der Waals surface area contributed by atoms with E-state index < -0.39 is 0 Å². The minimum Gasteiger partial charge on any atom is -0.311 e. The van der Waals surface area contributed by atoms with Gasteiger partial charge in [-0.25, -0.2) is 0 Å². The molecule has 0 spiro atoms. The van der Waals surface area contributed by atoms with Crippen molar-refractivity contribution in [2.24, 2.45) is 0 Å². The van der Waals surface area contributed by atoms with Crippen LogP contribution in [-0.2, 0) is 0 Å². The quantitative estimate of drug-likeness (QED) is 0.121. The van der Waals surface area contributed by atoms with Gasteiger partial charge in [-0.2, -0.15) is 0 Å². The Hall–Kier alpha value is -7.22. The lowest BCUT2D eigenvalue weighted by molar-refractivity contribution is 1.28. The van der Waals surface area contributed by atoms with Crippen molar-refractivity contribution in [2.75, 3.05) is 4.90 Å². The summed E-state index contributed by atoms with van der Waals surface area (Å²) in [7, 11) is 0. The van der Waals surface area contributed by atoms with E-state index in [0.29, 0.717) is 0 Å². The zero-order chi connectivity index (χ0) is 37.1. The first-order valence-electron chi connectivity index (χ1n) is 18.7. The molecule has 0 atom stereocenters. The highest BCUT2D eigenvalue weighted by Gasteiger charge is 2.13. The molecular weight excluding hydrogens is 663 g/mol. The van der Waals surface area contributed by atoms with Crippen LogP contribution >= 0.6 is 0 Å². The molecule has 0 saturated carbocycles. The Kier molecular flexibility index (Phi) is 10.8. The third kappa shape index (κ3) is 9.06. The molecule has 0 fully saturated rings. The summed E-state index contributed by atoms with van der Waals surface area (Å²) in [5.74, 6) is 0. The van der Waals surface area contributed by atoms with Crippen molar-refractivity contribution >= 4 is 53.5 Å². The fraction of sp³-hybridized carbons (Fsp3) is 0. The monoisotopic (exact) mass is 703 g/mol. The first-order valence-corrected chi connectivity index (χ1v) is 18.7. The van der Waals surface area contributed by atoms with E-state index in [1.54, 1.807) is 0 Å². The van der Waals surface area contributed by atoms with Crippen LogP contribution in [0.15, 0.2) is 212 Å². The second-order valence-electron chi connectivity index (χ2n) is 13.5. The van der Waals surface area contributed by atoms with E-state index in [1.807, 2.05) is 18.2 Å². The SMILES string of the molecule is C(=Cc1ccc(-c2ccc(N(c3ccc(C=Cc4ccccc4)cc3)c3ccc(-c4ccc(C=Cc5ccccc5)cc4)cc3)cc2)cc1)c1ccccc1. The Bertz CT molecular complexity index is 2360. The van der Waals surface area contributed by atoms with Crippen molar-refractivity contribution in [1.29, 1.82) is 0 Å². The molecule has 8 aromatic rings. The van der Waals surface area contributed by atoms with E-state index in [9.17, 15) is 0 Å². The molecule has 0 N–H and O–H groups in total. The summed E-state index contributed by atoms with van der Waals surface area (Å²) >= 11 is 0. The number of hydrogen-bond acceptors (Lipinski definition) is 1. The zero-order valence-corrected chi connectivity index (χ0v) is 30.6. The maximum atomic E-state index is 2.33. The first-order chi connectivity index (χ1) is 27.2. The molecule has 0 amide bonds. The maximum Gasteiger partial charge on any atom is 0.0462 e. The third-order valence-electron chi connectivity index (χ3n) is 9.69. The third-order valence-corrected chi connectivity index (χ3v) is 9.69. The maximum absolute atomic E-state index is 2.33. The molecule has 262 valence electrons. The molecule has 0 aliphatic heterocycles. The predicted octanol–water partition coefficient (Wildman–Crippen LogP) is 15.0. The molecule has 0 saturated heterocycles. The molecule has 8 aromatic carbocycles. The van der Waals surface area contributed by atoms with Crippen molar-refractivity contribution in [2.45, 2.75) is 0 Å². The van der Waals surface area contributed by atoms with Crippen molar-refractivity contribution in [3.8, 4) is 22.3 Å². The topological polar surface area (TPSA) is 3.24 Å². The van der Waals surface area contributed by atoms with E-state index in [2.05, 4.69) is 235 Å². The molecule has 55 heavy (non-hydrogen) atoms. The van der Waals surface area contributed by atoms with Gasteiger partial charge in [0.05, 0.1) is 0 Å². The molecule has 8 rings (SSSR count). The van der Waals surface area contributed by atoms with E-state index in [1.165, 1.54) is 50.1 Å². The van der Waals surface area contributed by atoms with Crippen LogP contribution in [0.2, 0.25) is 0 Å². The van der Waals surface area contributed by atoms with Gasteiger partial charge < -0.3 is 4.90 Å². The lowest BCUT2D eigenvalue weighted by Crippen LogP contribution is -2.09. The number of hydrogen-bond donors (Lipinski definition) is 0. The van der Waals surface area contributed by atoms with Gasteiger partial charge in [0.2, 0.25) is 0 Å². The standard InChI is InChI=1S/C54H41N/c1-4-10-42(11-5-1)16-19-45-22-28-48(29-23-45)50-32-38-53(39-33-50)55(52-36-26-47(27-37-52)21-18-44-14-8-3-9-15-44)54-40-34-51(35-41-54)49-30-24-46(25-31-49)20-17-43-12-6-2-7-13-43/h1-41H. The van der Waals surface area contributed by atoms with Crippen molar-refractivity contribution in [3.63, 3.8) is 0 Å². The molecule has 0 heterocycles.